The van der Waals surface area contributed by atoms with Gasteiger partial charge in [0.15, 0.2) is 8.96 Å². The summed E-state index contributed by atoms with van der Waals surface area (Å²) in [6.07, 6.45) is 0. The van der Waals surface area contributed by atoms with Crippen LogP contribution in [-0.4, -0.2) is 28.5 Å². The van der Waals surface area contributed by atoms with Gasteiger partial charge in [-0.15, -0.1) is 13.2 Å². The molecule has 0 fully saturated rings. The molecule has 0 rings (SSSR count). The highest BCUT2D eigenvalue weighted by Gasteiger charge is 2.25. The predicted molar refractivity (Wildman–Crippen MR) is 57.3 cm³/mol. The molecule has 0 aliphatic heterocycles. The zero-order chi connectivity index (χ0) is 9.07. The summed E-state index contributed by atoms with van der Waals surface area (Å²) in [6, 6.07) is 0. The summed E-state index contributed by atoms with van der Waals surface area (Å²) in [6.45, 7) is 14.6. The van der Waals surface area contributed by atoms with Crippen LogP contribution in [0.1, 0.15) is 0 Å². The van der Waals surface area contributed by atoms with Gasteiger partial charge in [0, 0.05) is 0 Å². The highest BCUT2D eigenvalue weighted by molar-refractivity contribution is 6.88. The molecular formula is C8H18NSi2. The van der Waals surface area contributed by atoms with Gasteiger partial charge in [-0.25, -0.2) is 0 Å². The Hall–Kier alpha value is -0.126. The van der Waals surface area contributed by atoms with E-state index in [0.717, 1.165) is 0 Å². The summed E-state index contributed by atoms with van der Waals surface area (Å²) in [5.41, 5.74) is 4.19. The van der Waals surface area contributed by atoms with Crippen LogP contribution in [0, 0.1) is 0 Å². The van der Waals surface area contributed by atoms with Crippen molar-refractivity contribution in [2.75, 3.05) is 7.05 Å². The molecule has 0 aromatic heterocycles. The van der Waals surface area contributed by atoms with E-state index in [-0.39, 0.29) is 0 Å². The number of hydrogen-bond donors (Lipinski definition) is 0. The minimum Gasteiger partial charge on any atom is -0.343 e. The Morgan fingerprint density at radius 3 is 2.09 bits per heavy atom. The monoisotopic (exact) mass is 184 g/mol. The van der Waals surface area contributed by atoms with Gasteiger partial charge in [0.1, 0.15) is 8.24 Å². The van der Waals surface area contributed by atoms with Crippen LogP contribution >= 0.6 is 0 Å². The number of rotatable bonds is 4. The van der Waals surface area contributed by atoms with Crippen molar-refractivity contribution >= 4 is 17.2 Å². The van der Waals surface area contributed by atoms with Crippen molar-refractivity contribution < 1.29 is 0 Å². The van der Waals surface area contributed by atoms with Gasteiger partial charge >= 0.3 is 0 Å². The molecule has 0 bridgehead atoms. The zero-order valence-electron chi connectivity index (χ0n) is 8.02. The van der Waals surface area contributed by atoms with Gasteiger partial charge in [-0.2, -0.15) is 0 Å². The Bertz CT molecular complexity index is 154. The van der Waals surface area contributed by atoms with Crippen molar-refractivity contribution in [3.8, 4) is 0 Å². The zero-order valence-corrected chi connectivity index (χ0v) is 10.0. The van der Waals surface area contributed by atoms with E-state index in [9.17, 15) is 0 Å². The second kappa shape index (κ2) is 4.04. The van der Waals surface area contributed by atoms with E-state index in [1.807, 2.05) is 0 Å². The first-order valence-corrected chi connectivity index (χ1v) is 8.84. The third-order valence-corrected chi connectivity index (χ3v) is 9.35. The number of hydrogen-bond acceptors (Lipinski definition) is 1. The van der Waals surface area contributed by atoms with E-state index < -0.39 is 17.2 Å². The Morgan fingerprint density at radius 1 is 1.36 bits per heavy atom. The fraction of sp³-hybridized carbons (Fsp3) is 0.500. The van der Waals surface area contributed by atoms with Crippen molar-refractivity contribution in [1.82, 2.24) is 4.23 Å². The van der Waals surface area contributed by atoms with E-state index in [1.165, 1.54) is 0 Å². The molecule has 3 heteroatoms. The minimum absolute atomic E-state index is 0.488. The van der Waals surface area contributed by atoms with Gasteiger partial charge in [-0.05, 0) is 7.05 Å². The average Bonchev–Trinajstić information content (AvgIpc) is 2.01. The smallest absolute Gasteiger partial charge is 0.153 e. The van der Waals surface area contributed by atoms with Crippen LogP contribution in [0.2, 0.25) is 19.6 Å². The van der Waals surface area contributed by atoms with Crippen molar-refractivity contribution in [1.29, 1.82) is 0 Å². The van der Waals surface area contributed by atoms with E-state index in [2.05, 4.69) is 55.5 Å². The highest BCUT2D eigenvalue weighted by Crippen LogP contribution is 2.10. The van der Waals surface area contributed by atoms with E-state index >= 15 is 0 Å². The molecule has 63 valence electrons. The Balaban J connectivity index is 4.32. The first-order valence-electron chi connectivity index (χ1n) is 3.79. The standard InChI is InChI=1S/C8H18NSi2/c1-7-10(4)9(3)11(5,6)8-2/h7-8H,1-2H2,3-6H3. The summed E-state index contributed by atoms with van der Waals surface area (Å²) in [4.78, 5) is 0. The molecule has 1 radical (unpaired) electrons. The maximum Gasteiger partial charge on any atom is 0.153 e. The maximum atomic E-state index is 3.87. The minimum atomic E-state index is -1.29. The lowest BCUT2D eigenvalue weighted by Crippen LogP contribution is -2.50. The molecule has 0 aromatic rings. The maximum absolute atomic E-state index is 3.87. The summed E-state index contributed by atoms with van der Waals surface area (Å²) in [7, 11) is 0.403. The lowest BCUT2D eigenvalue weighted by Gasteiger charge is -2.33. The topological polar surface area (TPSA) is 3.24 Å². The summed E-state index contributed by atoms with van der Waals surface area (Å²) < 4.78 is 2.47. The predicted octanol–water partition coefficient (Wildman–Crippen LogP) is 2.20. The van der Waals surface area contributed by atoms with Gasteiger partial charge in [0.25, 0.3) is 0 Å². The van der Waals surface area contributed by atoms with Gasteiger partial charge in [0.2, 0.25) is 0 Å². The molecule has 0 aliphatic rings. The fourth-order valence-electron chi connectivity index (χ4n) is 0.728. The van der Waals surface area contributed by atoms with Crippen LogP contribution in [-0.2, 0) is 0 Å². The van der Waals surface area contributed by atoms with Crippen molar-refractivity contribution in [3.05, 3.63) is 24.6 Å². The lowest BCUT2D eigenvalue weighted by molar-refractivity contribution is 0.796. The summed E-state index contributed by atoms with van der Waals surface area (Å²) >= 11 is 0. The van der Waals surface area contributed by atoms with Crippen LogP contribution < -0.4 is 0 Å². The lowest BCUT2D eigenvalue weighted by atomic mass is 11.3. The normalized spacial score (nSPS) is 12.2. The summed E-state index contributed by atoms with van der Waals surface area (Å²) in [5.74, 6) is 0. The molecule has 0 aromatic carbocycles. The quantitative estimate of drug-likeness (QED) is 0.606. The molecule has 0 aliphatic carbocycles. The molecule has 0 saturated carbocycles. The van der Waals surface area contributed by atoms with Gasteiger partial charge in [0.05, 0.1) is 0 Å². The van der Waals surface area contributed by atoms with Crippen LogP contribution in [0.5, 0.6) is 0 Å². The molecule has 0 heterocycles. The fourth-order valence-corrected chi connectivity index (χ4v) is 5.46. The van der Waals surface area contributed by atoms with Gasteiger partial charge in [-0.1, -0.05) is 31.0 Å². The van der Waals surface area contributed by atoms with E-state index in [0.29, 0.717) is 0 Å². The van der Waals surface area contributed by atoms with Crippen LogP contribution in [0.15, 0.2) is 24.6 Å². The molecule has 0 spiro atoms. The highest BCUT2D eigenvalue weighted by atomic mass is 28.4. The first-order chi connectivity index (χ1) is 4.95. The molecule has 0 saturated heterocycles. The Labute approximate surface area is 73.2 Å². The molecule has 0 atom stereocenters. The number of nitrogens with zero attached hydrogens (tertiary/aromatic N) is 1. The molecule has 1 nitrogen and oxygen atoms in total. The average molecular weight is 184 g/mol. The molecule has 11 heavy (non-hydrogen) atoms. The van der Waals surface area contributed by atoms with Crippen LogP contribution in [0.25, 0.3) is 0 Å². The third kappa shape index (κ3) is 2.77. The SMILES string of the molecule is C=C[Si](C)N(C)[Si](C)(C)C=C. The van der Waals surface area contributed by atoms with Crippen molar-refractivity contribution in [2.45, 2.75) is 19.6 Å². The third-order valence-electron chi connectivity index (χ3n) is 2.19. The van der Waals surface area contributed by atoms with Gasteiger partial charge < -0.3 is 4.23 Å². The van der Waals surface area contributed by atoms with E-state index in [4.69, 9.17) is 0 Å². The first kappa shape index (κ1) is 10.9. The molecule has 0 unspecified atom stereocenters. The second-order valence-electron chi connectivity index (χ2n) is 3.26. The largest absolute Gasteiger partial charge is 0.343 e. The van der Waals surface area contributed by atoms with Gasteiger partial charge in [-0.3, -0.25) is 0 Å². The Morgan fingerprint density at radius 2 is 1.82 bits per heavy atom. The van der Waals surface area contributed by atoms with E-state index in [1.54, 1.807) is 0 Å². The molecular weight excluding hydrogens is 166 g/mol. The van der Waals surface area contributed by atoms with Crippen molar-refractivity contribution in [3.63, 3.8) is 0 Å². The molecule has 0 N–H and O–H groups in total. The van der Waals surface area contributed by atoms with Crippen LogP contribution in [0.3, 0.4) is 0 Å². The van der Waals surface area contributed by atoms with Crippen LogP contribution in [0.4, 0.5) is 0 Å². The second-order valence-corrected chi connectivity index (χ2v) is 10.5. The van der Waals surface area contributed by atoms with Crippen molar-refractivity contribution in [2.24, 2.45) is 0 Å². The Kier molecular flexibility index (Phi) is 3.99. The molecule has 0 amide bonds. The summed E-state index contributed by atoms with van der Waals surface area (Å²) in [5, 5.41) is 0.